The number of carbonyl (C=O) groups is 1. The van der Waals surface area contributed by atoms with Gasteiger partial charge in [0.25, 0.3) is 12.3 Å². The first-order chi connectivity index (χ1) is 20.1. The van der Waals surface area contributed by atoms with Crippen LogP contribution in [0, 0.1) is 29.6 Å². The normalized spacial score (nSPS) is 26.7. The number of alkyl halides is 2. The zero-order chi connectivity index (χ0) is 29.9. The van der Waals surface area contributed by atoms with E-state index in [2.05, 4.69) is 63.9 Å². The number of piperidine rings is 1. The Kier molecular flexibility index (Phi) is 9.54. The summed E-state index contributed by atoms with van der Waals surface area (Å²) in [6, 6.07) is -1.21. The second-order valence-electron chi connectivity index (χ2n) is 11.7. The monoisotopic (exact) mass is 598 g/mol. The summed E-state index contributed by atoms with van der Waals surface area (Å²) < 4.78 is 33.1. The lowest BCUT2D eigenvalue weighted by molar-refractivity contribution is -0.118. The molecule has 5 rings (SSSR count). The Labute approximate surface area is 251 Å². The number of rotatable bonds is 6. The summed E-state index contributed by atoms with van der Waals surface area (Å²) in [6.07, 6.45) is 7.92. The lowest BCUT2D eigenvalue weighted by atomic mass is 9.90. The molecule has 0 aromatic heterocycles. The van der Waals surface area contributed by atoms with Gasteiger partial charge >= 0.3 is 0 Å². The fourth-order valence-corrected chi connectivity index (χ4v) is 6.13. The SMILES string of the molecule is COC1=CNC(C(F)F)C=C1C1=C(C(=O)NC2NNC(C#CC3CC3)S2)CN(C)C(C#CC(C)(C)N2CCCCC2)=C1. The third kappa shape index (κ3) is 7.33. The summed E-state index contributed by atoms with van der Waals surface area (Å²) in [7, 11) is 3.37. The van der Waals surface area contributed by atoms with E-state index in [1.807, 2.05) is 18.0 Å². The predicted molar refractivity (Wildman–Crippen MR) is 161 cm³/mol. The fraction of sp³-hybridized carbons (Fsp3) is 0.581. The lowest BCUT2D eigenvalue weighted by Crippen LogP contribution is -2.46. The van der Waals surface area contributed by atoms with Crippen molar-refractivity contribution >= 4 is 17.7 Å². The molecule has 4 N–H and O–H groups in total. The Balaban J connectivity index is 1.45. The van der Waals surface area contributed by atoms with E-state index in [4.69, 9.17) is 4.74 Å². The van der Waals surface area contributed by atoms with E-state index in [9.17, 15) is 13.6 Å². The third-order valence-corrected chi connectivity index (χ3v) is 9.02. The van der Waals surface area contributed by atoms with Crippen LogP contribution in [0.25, 0.3) is 0 Å². The van der Waals surface area contributed by atoms with E-state index in [0.717, 1.165) is 38.8 Å². The molecule has 3 unspecified atom stereocenters. The predicted octanol–water partition coefficient (Wildman–Crippen LogP) is 3.01. The van der Waals surface area contributed by atoms with Gasteiger partial charge in [0.1, 0.15) is 22.7 Å². The van der Waals surface area contributed by atoms with Crippen LogP contribution in [0.1, 0.15) is 46.0 Å². The number of allylic oxidation sites excluding steroid dienone is 3. The number of carbonyl (C=O) groups excluding carboxylic acids is 1. The van der Waals surface area contributed by atoms with Crippen LogP contribution in [0.15, 0.2) is 46.5 Å². The molecule has 5 aliphatic rings. The Morgan fingerprint density at radius 1 is 1.19 bits per heavy atom. The maximum absolute atomic E-state index is 13.8. The second kappa shape index (κ2) is 13.1. The number of likely N-dealkylation sites (tertiary alicyclic amines) is 1. The van der Waals surface area contributed by atoms with Crippen LogP contribution in [-0.4, -0.2) is 78.4 Å². The van der Waals surface area contributed by atoms with Crippen molar-refractivity contribution in [1.29, 1.82) is 0 Å². The van der Waals surface area contributed by atoms with Crippen molar-refractivity contribution in [2.75, 3.05) is 33.8 Å². The number of nitrogens with zero attached hydrogens (tertiary/aromatic N) is 2. The minimum atomic E-state index is -2.63. The first kappa shape index (κ1) is 30.5. The minimum Gasteiger partial charge on any atom is -0.495 e. The van der Waals surface area contributed by atoms with Gasteiger partial charge in [0.05, 0.1) is 18.3 Å². The Hall–Kier alpha value is -2.96. The van der Waals surface area contributed by atoms with Gasteiger partial charge in [-0.2, -0.15) is 0 Å². The summed E-state index contributed by atoms with van der Waals surface area (Å²) in [6.45, 7) is 6.53. The van der Waals surface area contributed by atoms with Crippen LogP contribution in [0.2, 0.25) is 0 Å². The molecule has 2 saturated heterocycles. The van der Waals surface area contributed by atoms with Crippen LogP contribution in [0.3, 0.4) is 0 Å². The molecule has 0 bridgehead atoms. The molecule has 3 fully saturated rings. The molecule has 0 aromatic carbocycles. The number of hydrogen-bond acceptors (Lipinski definition) is 8. The van der Waals surface area contributed by atoms with Crippen LogP contribution in [0.4, 0.5) is 8.78 Å². The molecule has 1 saturated carbocycles. The van der Waals surface area contributed by atoms with E-state index in [1.165, 1.54) is 37.6 Å². The standard InChI is InChI=1S/C31H40F2N6O2S/c1-31(2,39-14-6-5-7-15-39)13-12-21-16-22(23-17-25(28(32)33)34-18-26(23)41-4)24(19-38(21)3)29(40)35-30-37-36-27(42-30)11-10-20-8-9-20/h16-18,20,25,27-28,30,34,36-37H,5-9,14-15,19H2,1-4H3,(H,35,40). The molecule has 4 heterocycles. The average molecular weight is 599 g/mol. The molecular weight excluding hydrogens is 558 g/mol. The molecule has 42 heavy (non-hydrogen) atoms. The highest BCUT2D eigenvalue weighted by atomic mass is 32.2. The van der Waals surface area contributed by atoms with Crippen molar-refractivity contribution in [3.63, 3.8) is 0 Å². The van der Waals surface area contributed by atoms with E-state index in [-0.39, 0.29) is 23.4 Å². The number of halogens is 2. The highest BCUT2D eigenvalue weighted by Crippen LogP contribution is 2.33. The summed E-state index contributed by atoms with van der Waals surface area (Å²) >= 11 is 1.48. The van der Waals surface area contributed by atoms with Crippen molar-refractivity contribution in [2.24, 2.45) is 5.92 Å². The summed E-state index contributed by atoms with van der Waals surface area (Å²) in [4.78, 5) is 18.1. The van der Waals surface area contributed by atoms with Gasteiger partial charge < -0.3 is 20.3 Å². The third-order valence-electron chi connectivity index (χ3n) is 8.01. The maximum Gasteiger partial charge on any atom is 0.261 e. The van der Waals surface area contributed by atoms with E-state index in [1.54, 1.807) is 0 Å². The molecule has 3 atom stereocenters. The van der Waals surface area contributed by atoms with Gasteiger partial charge in [0.15, 0.2) is 0 Å². The number of nitrogens with one attached hydrogen (secondary N) is 4. The second-order valence-corrected chi connectivity index (χ2v) is 12.9. The summed E-state index contributed by atoms with van der Waals surface area (Å²) in [5.41, 5.74) is 7.58. The lowest BCUT2D eigenvalue weighted by Gasteiger charge is -2.37. The zero-order valence-corrected chi connectivity index (χ0v) is 25.5. The number of hydrazine groups is 1. The molecule has 11 heteroatoms. The van der Waals surface area contributed by atoms with Gasteiger partial charge in [-0.05, 0) is 76.3 Å². The smallest absolute Gasteiger partial charge is 0.261 e. The topological polar surface area (TPSA) is 80.9 Å². The van der Waals surface area contributed by atoms with Gasteiger partial charge in [-0.3, -0.25) is 9.69 Å². The van der Waals surface area contributed by atoms with Gasteiger partial charge in [0.2, 0.25) is 0 Å². The van der Waals surface area contributed by atoms with E-state index >= 15 is 0 Å². The number of dihydropyridines is 1. The van der Waals surface area contributed by atoms with Gasteiger partial charge in [0, 0.05) is 36.9 Å². The number of ether oxygens (including phenoxy) is 1. The van der Waals surface area contributed by atoms with Gasteiger partial charge in [-0.1, -0.05) is 35.9 Å². The fourth-order valence-electron chi connectivity index (χ4n) is 5.28. The molecule has 4 aliphatic heterocycles. The van der Waals surface area contributed by atoms with Crippen molar-refractivity contribution in [1.82, 2.24) is 31.3 Å². The Morgan fingerprint density at radius 2 is 1.95 bits per heavy atom. The summed E-state index contributed by atoms with van der Waals surface area (Å²) in [5.74, 6) is 13.8. The Morgan fingerprint density at radius 3 is 2.64 bits per heavy atom. The average Bonchev–Trinajstić information content (AvgIpc) is 3.72. The molecular formula is C31H40F2N6O2S. The number of likely N-dealkylation sites (N-methyl/N-ethyl adjacent to an activating group) is 1. The maximum atomic E-state index is 13.8. The van der Waals surface area contributed by atoms with Gasteiger partial charge in [-0.25, -0.2) is 19.6 Å². The van der Waals surface area contributed by atoms with Crippen molar-refractivity contribution in [3.05, 3.63) is 46.5 Å². The quantitative estimate of drug-likeness (QED) is 0.348. The van der Waals surface area contributed by atoms with Crippen LogP contribution < -0.4 is 21.5 Å². The Bertz CT molecular complexity index is 1310. The van der Waals surface area contributed by atoms with Crippen LogP contribution in [-0.2, 0) is 9.53 Å². The van der Waals surface area contributed by atoms with Crippen molar-refractivity contribution in [2.45, 2.75) is 74.8 Å². The molecule has 226 valence electrons. The van der Waals surface area contributed by atoms with Gasteiger partial charge in [-0.15, -0.1) is 0 Å². The molecule has 0 radical (unpaired) electrons. The minimum absolute atomic E-state index is 0.134. The highest BCUT2D eigenvalue weighted by Gasteiger charge is 2.33. The van der Waals surface area contributed by atoms with Crippen LogP contribution >= 0.6 is 11.8 Å². The molecule has 0 aromatic rings. The first-order valence-corrected chi connectivity index (χ1v) is 15.5. The number of amides is 1. The molecule has 0 spiro atoms. The van der Waals surface area contributed by atoms with E-state index < -0.39 is 18.0 Å². The number of methoxy groups -OCH3 is 1. The number of thioether (sulfide) groups is 1. The van der Waals surface area contributed by atoms with Crippen molar-refractivity contribution in [3.8, 4) is 23.7 Å². The largest absolute Gasteiger partial charge is 0.495 e. The molecule has 1 aliphatic carbocycles. The summed E-state index contributed by atoms with van der Waals surface area (Å²) in [5, 5.41) is 5.58. The van der Waals surface area contributed by atoms with Crippen LogP contribution in [0.5, 0.6) is 0 Å². The molecule has 1 amide bonds. The number of hydrogen-bond donors (Lipinski definition) is 4. The first-order valence-electron chi connectivity index (χ1n) is 14.6. The van der Waals surface area contributed by atoms with E-state index in [0.29, 0.717) is 34.1 Å². The highest BCUT2D eigenvalue weighted by molar-refractivity contribution is 8.00. The van der Waals surface area contributed by atoms with Crippen molar-refractivity contribution < 1.29 is 18.3 Å². The zero-order valence-electron chi connectivity index (χ0n) is 24.7. The molecule has 8 nitrogen and oxygen atoms in total.